The molecule has 112 valence electrons. The van der Waals surface area contributed by atoms with Crippen molar-refractivity contribution in [1.29, 1.82) is 0 Å². The highest BCUT2D eigenvalue weighted by molar-refractivity contribution is 5.83. The average Bonchev–Trinajstić information content (AvgIpc) is 2.35. The fourth-order valence-corrected chi connectivity index (χ4v) is 1.87. The summed E-state index contributed by atoms with van der Waals surface area (Å²) in [6.45, 7) is 8.71. The van der Waals surface area contributed by atoms with Gasteiger partial charge in [0.05, 0.1) is 0 Å². The van der Waals surface area contributed by atoms with Crippen molar-refractivity contribution in [2.24, 2.45) is 11.8 Å². The normalized spacial score (nSPS) is 13.5. The molecule has 0 aliphatic carbocycles. The van der Waals surface area contributed by atoms with Crippen LogP contribution in [0.5, 0.6) is 0 Å². The van der Waals surface area contributed by atoms with Gasteiger partial charge in [-0.1, -0.05) is 58.1 Å². The van der Waals surface area contributed by atoms with E-state index < -0.39 is 0 Å². The van der Waals surface area contributed by atoms with Gasteiger partial charge < -0.3 is 4.74 Å². The van der Waals surface area contributed by atoms with Gasteiger partial charge >= 0.3 is 5.97 Å². The average molecular weight is 276 g/mol. The largest absolute Gasteiger partial charge is 0.449 e. The van der Waals surface area contributed by atoms with E-state index in [1.807, 2.05) is 13.0 Å². The number of esters is 1. The topological polar surface area (TPSA) is 26.3 Å². The van der Waals surface area contributed by atoms with E-state index in [2.05, 4.69) is 32.8 Å². The third-order valence-electron chi connectivity index (χ3n) is 3.04. The van der Waals surface area contributed by atoms with Crippen LogP contribution in [0, 0.1) is 24.2 Å². The molecule has 1 atom stereocenters. The highest BCUT2D eigenvalue weighted by atomic mass is 16.5. The van der Waals surface area contributed by atoms with Crippen LogP contribution in [-0.4, -0.2) is 12.6 Å². The lowest BCUT2D eigenvalue weighted by Crippen LogP contribution is -2.01. The first kappa shape index (κ1) is 18.5. The minimum Gasteiger partial charge on any atom is -0.449 e. The molecule has 0 aromatic rings. The number of ether oxygens (including phenoxy) is 1. The van der Waals surface area contributed by atoms with Crippen LogP contribution in [0.2, 0.25) is 0 Å². The zero-order valence-electron chi connectivity index (χ0n) is 13.3. The molecular weight excluding hydrogens is 248 g/mol. The van der Waals surface area contributed by atoms with E-state index in [0.29, 0.717) is 5.92 Å². The van der Waals surface area contributed by atoms with Crippen molar-refractivity contribution in [3.05, 3.63) is 23.8 Å². The number of carbonyl (C=O) groups excluding carboxylic acids is 1. The van der Waals surface area contributed by atoms with Crippen LogP contribution >= 0.6 is 0 Å². The van der Waals surface area contributed by atoms with E-state index in [1.54, 1.807) is 0 Å². The summed E-state index contributed by atoms with van der Waals surface area (Å²) in [6.07, 6.45) is 15.5. The van der Waals surface area contributed by atoms with Gasteiger partial charge in [-0.25, -0.2) is 4.79 Å². The smallest absolute Gasteiger partial charge is 0.331 e. The van der Waals surface area contributed by atoms with Crippen LogP contribution < -0.4 is 0 Å². The fraction of sp³-hybridized carbons (Fsp3) is 0.611. The summed E-state index contributed by atoms with van der Waals surface area (Å²) in [5, 5.41) is 0. The van der Waals surface area contributed by atoms with Crippen molar-refractivity contribution in [2.45, 2.75) is 53.4 Å². The second kappa shape index (κ2) is 11.3. The Labute approximate surface area is 124 Å². The molecule has 0 aliphatic heterocycles. The van der Waals surface area contributed by atoms with Crippen molar-refractivity contribution in [3.63, 3.8) is 0 Å². The van der Waals surface area contributed by atoms with Gasteiger partial charge in [0.1, 0.15) is 0 Å². The van der Waals surface area contributed by atoms with Crippen LogP contribution in [-0.2, 0) is 9.53 Å². The predicted octanol–water partition coefficient (Wildman–Crippen LogP) is 4.52. The summed E-state index contributed by atoms with van der Waals surface area (Å²) < 4.78 is 4.78. The van der Waals surface area contributed by atoms with Gasteiger partial charge in [0.25, 0.3) is 0 Å². The van der Waals surface area contributed by atoms with Crippen molar-refractivity contribution < 1.29 is 9.53 Å². The maximum Gasteiger partial charge on any atom is 0.331 e. The molecular formula is C18H28O2. The molecule has 0 saturated heterocycles. The van der Waals surface area contributed by atoms with Crippen molar-refractivity contribution in [1.82, 2.24) is 0 Å². The molecule has 0 fully saturated rings. The number of terminal acetylenes is 1. The van der Waals surface area contributed by atoms with Crippen LogP contribution in [0.15, 0.2) is 23.8 Å². The molecule has 2 nitrogen and oxygen atoms in total. The molecule has 0 spiro atoms. The Morgan fingerprint density at radius 2 is 2.00 bits per heavy atom. The number of carbonyl (C=O) groups is 1. The Bertz CT molecular complexity index is 369. The Kier molecular flexibility index (Phi) is 10.5. The Balaban J connectivity index is 3.95. The third kappa shape index (κ3) is 11.6. The van der Waals surface area contributed by atoms with Crippen molar-refractivity contribution in [3.8, 4) is 12.3 Å². The molecule has 0 aliphatic rings. The predicted molar refractivity (Wildman–Crippen MR) is 85.2 cm³/mol. The second-order valence-electron chi connectivity index (χ2n) is 5.77. The van der Waals surface area contributed by atoms with E-state index in [-0.39, 0.29) is 12.6 Å². The maximum absolute atomic E-state index is 11.3. The van der Waals surface area contributed by atoms with E-state index in [9.17, 15) is 4.79 Å². The molecule has 0 amide bonds. The number of hydrogen-bond donors (Lipinski definition) is 0. The van der Waals surface area contributed by atoms with Crippen LogP contribution in [0.25, 0.3) is 0 Å². The highest BCUT2D eigenvalue weighted by Gasteiger charge is 2.01. The van der Waals surface area contributed by atoms with Gasteiger partial charge in [-0.05, 0) is 30.8 Å². The molecule has 0 aromatic heterocycles. The van der Waals surface area contributed by atoms with Crippen molar-refractivity contribution >= 4 is 5.97 Å². The molecule has 0 heterocycles. The Hall–Kier alpha value is -1.49. The molecule has 0 N–H and O–H groups in total. The quantitative estimate of drug-likeness (QED) is 0.268. The molecule has 0 radical (unpaired) electrons. The standard InChI is InChI=1S/C18H28O2/c1-6-13-20-18(19)14-17(5)12-8-11-16(4)10-7-9-15(2)3/h1,8,12,14-16H,7,9-11,13H2,2-5H3/b12-8-,17-14+/t16-/m1/s1. The van der Waals surface area contributed by atoms with Gasteiger partial charge in [0, 0.05) is 6.08 Å². The summed E-state index contributed by atoms with van der Waals surface area (Å²) in [7, 11) is 0. The minimum atomic E-state index is -0.380. The summed E-state index contributed by atoms with van der Waals surface area (Å²) in [6, 6.07) is 0. The molecule has 2 heteroatoms. The van der Waals surface area contributed by atoms with Crippen LogP contribution in [0.1, 0.15) is 53.4 Å². The SMILES string of the molecule is C#CCOC(=O)/C=C(C)/C=C\C[C@H](C)CCCC(C)C. The van der Waals surface area contributed by atoms with Gasteiger partial charge in [0.2, 0.25) is 0 Å². The summed E-state index contributed by atoms with van der Waals surface area (Å²) in [5.74, 6) is 3.36. The first-order valence-corrected chi connectivity index (χ1v) is 7.40. The van der Waals surface area contributed by atoms with E-state index in [0.717, 1.165) is 17.9 Å². The zero-order chi connectivity index (χ0) is 15.4. The van der Waals surface area contributed by atoms with Gasteiger partial charge in [-0.3, -0.25) is 0 Å². The van der Waals surface area contributed by atoms with Gasteiger partial charge in [0.15, 0.2) is 6.61 Å². The number of hydrogen-bond acceptors (Lipinski definition) is 2. The zero-order valence-corrected chi connectivity index (χ0v) is 13.3. The first-order chi connectivity index (χ1) is 9.45. The summed E-state index contributed by atoms with van der Waals surface area (Å²) >= 11 is 0. The molecule has 0 aromatic carbocycles. The van der Waals surface area contributed by atoms with Gasteiger partial charge in [-0.15, -0.1) is 6.42 Å². The molecule has 0 bridgehead atoms. The number of allylic oxidation sites excluding steroid dienone is 3. The Morgan fingerprint density at radius 1 is 1.30 bits per heavy atom. The van der Waals surface area contributed by atoms with Crippen molar-refractivity contribution in [2.75, 3.05) is 6.61 Å². The highest BCUT2D eigenvalue weighted by Crippen LogP contribution is 2.15. The monoisotopic (exact) mass is 276 g/mol. The molecule has 20 heavy (non-hydrogen) atoms. The summed E-state index contributed by atoms with van der Waals surface area (Å²) in [5.41, 5.74) is 0.890. The molecule has 0 rings (SSSR count). The lowest BCUT2D eigenvalue weighted by Gasteiger charge is -2.09. The maximum atomic E-state index is 11.3. The summed E-state index contributed by atoms with van der Waals surface area (Å²) in [4.78, 5) is 11.3. The second-order valence-corrected chi connectivity index (χ2v) is 5.77. The Morgan fingerprint density at radius 3 is 2.60 bits per heavy atom. The van der Waals surface area contributed by atoms with E-state index in [1.165, 1.54) is 25.3 Å². The van der Waals surface area contributed by atoms with Crippen LogP contribution in [0.3, 0.4) is 0 Å². The lowest BCUT2D eigenvalue weighted by atomic mass is 9.97. The van der Waals surface area contributed by atoms with E-state index >= 15 is 0 Å². The third-order valence-corrected chi connectivity index (χ3v) is 3.04. The lowest BCUT2D eigenvalue weighted by molar-refractivity contribution is -0.136. The van der Waals surface area contributed by atoms with E-state index in [4.69, 9.17) is 11.2 Å². The molecule has 0 saturated carbocycles. The van der Waals surface area contributed by atoms with Gasteiger partial charge in [-0.2, -0.15) is 0 Å². The molecule has 0 unspecified atom stereocenters. The van der Waals surface area contributed by atoms with Crippen LogP contribution in [0.4, 0.5) is 0 Å². The number of rotatable bonds is 9. The fourth-order valence-electron chi connectivity index (χ4n) is 1.87. The first-order valence-electron chi connectivity index (χ1n) is 7.40. The minimum absolute atomic E-state index is 0.0270.